The number of benzene rings is 2. The van der Waals surface area contributed by atoms with Gasteiger partial charge in [-0.3, -0.25) is 4.79 Å². The maximum absolute atomic E-state index is 13.1. The van der Waals surface area contributed by atoms with Crippen molar-refractivity contribution in [3.05, 3.63) is 84.2 Å². The topological polar surface area (TPSA) is 56.6 Å². The minimum atomic E-state index is -0.277. The number of aromatic nitrogens is 2. The summed E-state index contributed by atoms with van der Waals surface area (Å²) in [5.74, 6) is 0.436. The van der Waals surface area contributed by atoms with E-state index < -0.39 is 0 Å². The Labute approximate surface area is 186 Å². The van der Waals surface area contributed by atoms with Crippen LogP contribution in [0.3, 0.4) is 0 Å². The van der Waals surface area contributed by atoms with E-state index in [0.717, 1.165) is 24.8 Å². The normalized spacial score (nSPS) is 19.9. The van der Waals surface area contributed by atoms with Gasteiger partial charge in [-0.15, -0.1) is 0 Å². The van der Waals surface area contributed by atoms with Gasteiger partial charge in [0.25, 0.3) is 5.91 Å². The van der Waals surface area contributed by atoms with Crippen molar-refractivity contribution in [3.8, 4) is 5.75 Å². The van der Waals surface area contributed by atoms with Crippen molar-refractivity contribution >= 4 is 5.91 Å². The second-order valence-electron chi connectivity index (χ2n) is 8.62. The molecule has 3 aromatic rings. The molecule has 1 spiro atoms. The van der Waals surface area contributed by atoms with E-state index in [4.69, 9.17) is 9.47 Å². The molecule has 5 rings (SSSR count). The molecule has 7 heteroatoms. The molecule has 0 saturated carbocycles. The quantitative estimate of drug-likeness (QED) is 0.610. The molecule has 32 heavy (non-hydrogen) atoms. The van der Waals surface area contributed by atoms with Crippen LogP contribution < -0.4 is 4.74 Å². The van der Waals surface area contributed by atoms with Gasteiger partial charge >= 0.3 is 0 Å². The zero-order valence-electron chi connectivity index (χ0n) is 17.8. The highest BCUT2D eigenvalue weighted by Gasteiger charge is 2.44. The molecule has 0 radical (unpaired) electrons. The van der Waals surface area contributed by atoms with Crippen LogP contribution >= 0.6 is 0 Å². The molecule has 1 amide bonds. The van der Waals surface area contributed by atoms with Gasteiger partial charge in [0.2, 0.25) is 0 Å². The first-order valence-corrected chi connectivity index (χ1v) is 11.0. The molecule has 6 nitrogen and oxygen atoms in total. The number of hydrogen-bond acceptors (Lipinski definition) is 4. The predicted molar refractivity (Wildman–Crippen MR) is 117 cm³/mol. The SMILES string of the molecule is O=C(c1cccc(Cn2ccnc2)c1)N1CCC2(CC1)C[C@H](Oc1ccc(F)cc1)CO2. The summed E-state index contributed by atoms with van der Waals surface area (Å²) in [6.07, 6.45) is 7.74. The average Bonchev–Trinajstić information content (AvgIpc) is 3.46. The Balaban J connectivity index is 1.17. The highest BCUT2D eigenvalue weighted by molar-refractivity contribution is 5.94. The molecule has 0 bridgehead atoms. The van der Waals surface area contributed by atoms with Gasteiger partial charge in [-0.05, 0) is 54.8 Å². The highest BCUT2D eigenvalue weighted by Crippen LogP contribution is 2.37. The molecule has 2 aliphatic rings. The Bertz CT molecular complexity index is 1060. The molecule has 2 aromatic carbocycles. The van der Waals surface area contributed by atoms with Crippen molar-refractivity contribution in [3.63, 3.8) is 0 Å². The van der Waals surface area contributed by atoms with E-state index in [1.807, 2.05) is 39.9 Å². The summed E-state index contributed by atoms with van der Waals surface area (Å²) in [6, 6.07) is 13.9. The number of nitrogens with zero attached hydrogens (tertiary/aromatic N) is 3. The number of amides is 1. The van der Waals surface area contributed by atoms with E-state index in [2.05, 4.69) is 4.98 Å². The molecule has 0 N–H and O–H groups in total. The van der Waals surface area contributed by atoms with E-state index >= 15 is 0 Å². The van der Waals surface area contributed by atoms with Crippen LogP contribution in [0.4, 0.5) is 4.39 Å². The molecule has 1 atom stereocenters. The smallest absolute Gasteiger partial charge is 0.253 e. The van der Waals surface area contributed by atoms with Crippen molar-refractivity contribution in [2.45, 2.75) is 37.5 Å². The van der Waals surface area contributed by atoms with E-state index in [0.29, 0.717) is 37.6 Å². The zero-order chi connectivity index (χ0) is 22.0. The fraction of sp³-hybridized carbons (Fsp3) is 0.360. The molecular formula is C25H26FN3O3. The summed E-state index contributed by atoms with van der Waals surface area (Å²) in [5, 5.41) is 0. The molecule has 2 saturated heterocycles. The standard InChI is InChI=1S/C25H26FN3O3/c26-21-4-6-22(7-5-21)32-23-15-25(31-17-23)8-11-29(12-9-25)24(30)20-3-1-2-19(14-20)16-28-13-10-27-18-28/h1-7,10,13-14,18,23H,8-9,11-12,15-17H2/t23-/m0/s1. The van der Waals surface area contributed by atoms with Crippen molar-refractivity contribution in [2.24, 2.45) is 0 Å². The fourth-order valence-corrected chi connectivity index (χ4v) is 4.63. The van der Waals surface area contributed by atoms with Gasteiger partial charge in [-0.2, -0.15) is 0 Å². The zero-order valence-corrected chi connectivity index (χ0v) is 17.8. The Morgan fingerprint density at radius 3 is 2.75 bits per heavy atom. The highest BCUT2D eigenvalue weighted by atomic mass is 19.1. The van der Waals surface area contributed by atoms with Crippen LogP contribution in [-0.2, 0) is 11.3 Å². The maximum atomic E-state index is 13.1. The van der Waals surface area contributed by atoms with Crippen LogP contribution in [0.5, 0.6) is 5.75 Å². The fourth-order valence-electron chi connectivity index (χ4n) is 4.63. The summed E-state index contributed by atoms with van der Waals surface area (Å²) in [4.78, 5) is 19.1. The van der Waals surface area contributed by atoms with Crippen LogP contribution in [0.2, 0.25) is 0 Å². The molecule has 0 aliphatic carbocycles. The number of hydrogen-bond donors (Lipinski definition) is 0. The van der Waals surface area contributed by atoms with Crippen molar-refractivity contribution in [1.82, 2.24) is 14.5 Å². The number of piperidine rings is 1. The molecule has 3 heterocycles. The predicted octanol–water partition coefficient (Wildman–Crippen LogP) is 3.91. The average molecular weight is 435 g/mol. The summed E-state index contributed by atoms with van der Waals surface area (Å²) in [5.41, 5.74) is 1.54. The summed E-state index contributed by atoms with van der Waals surface area (Å²) >= 11 is 0. The maximum Gasteiger partial charge on any atom is 0.253 e. The van der Waals surface area contributed by atoms with E-state index in [1.54, 1.807) is 24.7 Å². The number of halogens is 1. The Hall–Kier alpha value is -3.19. The van der Waals surface area contributed by atoms with Crippen LogP contribution in [0, 0.1) is 5.82 Å². The van der Waals surface area contributed by atoms with Gasteiger partial charge in [-0.1, -0.05) is 12.1 Å². The van der Waals surface area contributed by atoms with Crippen molar-refractivity contribution in [1.29, 1.82) is 0 Å². The van der Waals surface area contributed by atoms with Gasteiger partial charge in [-0.25, -0.2) is 9.37 Å². The minimum absolute atomic E-state index is 0.0532. The lowest BCUT2D eigenvalue weighted by atomic mass is 9.87. The molecule has 2 aliphatic heterocycles. The third-order valence-corrected chi connectivity index (χ3v) is 6.35. The minimum Gasteiger partial charge on any atom is -0.488 e. The van der Waals surface area contributed by atoms with Crippen LogP contribution in [-0.4, -0.2) is 51.8 Å². The monoisotopic (exact) mass is 435 g/mol. The number of carbonyl (C=O) groups excluding carboxylic acids is 1. The largest absolute Gasteiger partial charge is 0.488 e. The van der Waals surface area contributed by atoms with Crippen LogP contribution in [0.15, 0.2) is 67.3 Å². The van der Waals surface area contributed by atoms with Gasteiger partial charge in [0.15, 0.2) is 0 Å². The number of imidazole rings is 1. The Morgan fingerprint density at radius 2 is 2.00 bits per heavy atom. The second kappa shape index (κ2) is 8.74. The first-order chi connectivity index (χ1) is 15.6. The molecule has 2 fully saturated rings. The molecule has 1 aromatic heterocycles. The van der Waals surface area contributed by atoms with Crippen LogP contribution in [0.1, 0.15) is 35.2 Å². The molecular weight excluding hydrogens is 409 g/mol. The second-order valence-corrected chi connectivity index (χ2v) is 8.62. The molecule has 0 unspecified atom stereocenters. The lowest BCUT2D eigenvalue weighted by Crippen LogP contribution is -2.46. The number of likely N-dealkylation sites (tertiary alicyclic amines) is 1. The van der Waals surface area contributed by atoms with Gasteiger partial charge < -0.3 is 18.9 Å². The van der Waals surface area contributed by atoms with Gasteiger partial charge in [0, 0.05) is 44.0 Å². The Morgan fingerprint density at radius 1 is 1.19 bits per heavy atom. The third-order valence-electron chi connectivity index (χ3n) is 6.35. The van der Waals surface area contributed by atoms with Gasteiger partial charge in [0.1, 0.15) is 17.7 Å². The lowest BCUT2D eigenvalue weighted by Gasteiger charge is -2.38. The first-order valence-electron chi connectivity index (χ1n) is 11.0. The Kier molecular flexibility index (Phi) is 5.66. The number of rotatable bonds is 5. The summed E-state index contributed by atoms with van der Waals surface area (Å²) in [6.45, 7) is 2.52. The molecule has 166 valence electrons. The van der Waals surface area contributed by atoms with E-state index in [1.165, 1.54) is 12.1 Å². The van der Waals surface area contributed by atoms with Gasteiger partial charge in [0.05, 0.1) is 18.5 Å². The lowest BCUT2D eigenvalue weighted by molar-refractivity contribution is -0.0395. The van der Waals surface area contributed by atoms with Crippen molar-refractivity contribution < 1.29 is 18.7 Å². The van der Waals surface area contributed by atoms with E-state index in [9.17, 15) is 9.18 Å². The third kappa shape index (κ3) is 4.53. The summed E-state index contributed by atoms with van der Waals surface area (Å²) < 4.78 is 27.2. The summed E-state index contributed by atoms with van der Waals surface area (Å²) in [7, 11) is 0. The number of ether oxygens (including phenoxy) is 2. The van der Waals surface area contributed by atoms with Crippen molar-refractivity contribution in [2.75, 3.05) is 19.7 Å². The number of carbonyl (C=O) groups is 1. The first kappa shape index (κ1) is 20.7. The van der Waals surface area contributed by atoms with Crippen LogP contribution in [0.25, 0.3) is 0 Å². The van der Waals surface area contributed by atoms with E-state index in [-0.39, 0.29) is 23.4 Å².